The Balaban J connectivity index is 2.53. The van der Waals surface area contributed by atoms with Crippen LogP contribution in [-0.4, -0.2) is 23.3 Å². The van der Waals surface area contributed by atoms with Gasteiger partial charge in [0.05, 0.1) is 17.3 Å². The minimum Gasteiger partial charge on any atom is -0.468 e. The molecule has 6 heteroatoms. The highest BCUT2D eigenvalue weighted by atomic mass is 32.2. The van der Waals surface area contributed by atoms with Gasteiger partial charge in [-0.1, -0.05) is 12.1 Å². The number of thioether (sulfide) groups is 1. The summed E-state index contributed by atoms with van der Waals surface area (Å²) in [5.41, 5.74) is 1.01. The Hall–Kier alpha value is -1.56. The monoisotopic (exact) mass is 255 g/mol. The smallest absolute Gasteiger partial charge is 0.318 e. The van der Waals surface area contributed by atoms with E-state index in [0.29, 0.717) is 5.75 Å². The molecule has 1 unspecified atom stereocenters. The first-order valence-electron chi connectivity index (χ1n) is 4.97. The molecule has 0 bridgehead atoms. The van der Waals surface area contributed by atoms with E-state index in [1.807, 2.05) is 0 Å². The molecule has 0 aromatic heterocycles. The second-order valence-corrected chi connectivity index (χ2v) is 4.73. The van der Waals surface area contributed by atoms with Crippen LogP contribution in [0.2, 0.25) is 0 Å². The number of nitrogens with zero attached hydrogens (tertiary/aromatic N) is 1. The molecule has 5 nitrogen and oxygen atoms in total. The van der Waals surface area contributed by atoms with Crippen LogP contribution in [0.25, 0.3) is 0 Å². The van der Waals surface area contributed by atoms with Crippen LogP contribution in [-0.2, 0) is 15.3 Å². The van der Waals surface area contributed by atoms with Crippen molar-refractivity contribution >= 4 is 23.4 Å². The van der Waals surface area contributed by atoms with E-state index in [1.165, 1.54) is 31.0 Å². The van der Waals surface area contributed by atoms with Gasteiger partial charge in [0.2, 0.25) is 0 Å². The number of rotatable bonds is 5. The molecule has 0 amide bonds. The average Bonchev–Trinajstić information content (AvgIpc) is 2.35. The molecule has 0 fully saturated rings. The molecule has 0 spiro atoms. The van der Waals surface area contributed by atoms with Crippen molar-refractivity contribution in [1.29, 1.82) is 0 Å². The van der Waals surface area contributed by atoms with Gasteiger partial charge in [-0.15, -0.1) is 11.8 Å². The number of hydrogen-bond donors (Lipinski definition) is 0. The Morgan fingerprint density at radius 3 is 2.53 bits per heavy atom. The molecule has 0 N–H and O–H groups in total. The number of benzene rings is 1. The molecule has 17 heavy (non-hydrogen) atoms. The lowest BCUT2D eigenvalue weighted by atomic mass is 10.2. The van der Waals surface area contributed by atoms with Crippen molar-refractivity contribution in [2.75, 3.05) is 7.11 Å². The fraction of sp³-hybridized carbons (Fsp3) is 0.364. The molecule has 1 aromatic carbocycles. The van der Waals surface area contributed by atoms with Crippen molar-refractivity contribution in [3.63, 3.8) is 0 Å². The van der Waals surface area contributed by atoms with E-state index in [1.54, 1.807) is 19.1 Å². The van der Waals surface area contributed by atoms with E-state index >= 15 is 0 Å². The summed E-state index contributed by atoms with van der Waals surface area (Å²) >= 11 is 1.43. The summed E-state index contributed by atoms with van der Waals surface area (Å²) in [6, 6.07) is 6.29. The van der Waals surface area contributed by atoms with E-state index in [-0.39, 0.29) is 16.9 Å². The lowest BCUT2D eigenvalue weighted by molar-refractivity contribution is -0.384. The number of carbonyl (C=O) groups is 1. The highest BCUT2D eigenvalue weighted by Crippen LogP contribution is 2.20. The van der Waals surface area contributed by atoms with Crippen molar-refractivity contribution in [1.82, 2.24) is 0 Å². The number of hydrogen-bond acceptors (Lipinski definition) is 5. The summed E-state index contributed by atoms with van der Waals surface area (Å²) in [7, 11) is 1.35. The Morgan fingerprint density at radius 1 is 1.47 bits per heavy atom. The molecular weight excluding hydrogens is 242 g/mol. The van der Waals surface area contributed by atoms with Crippen LogP contribution in [0.5, 0.6) is 0 Å². The van der Waals surface area contributed by atoms with E-state index < -0.39 is 4.92 Å². The lowest BCUT2D eigenvalue weighted by Gasteiger charge is -2.08. The summed E-state index contributed by atoms with van der Waals surface area (Å²) in [5, 5.41) is 10.2. The second kappa shape index (κ2) is 6.24. The molecule has 1 atom stereocenters. The molecule has 0 saturated carbocycles. The third-order valence-electron chi connectivity index (χ3n) is 2.18. The Labute approximate surface area is 103 Å². The third-order valence-corrected chi connectivity index (χ3v) is 3.37. The zero-order valence-corrected chi connectivity index (χ0v) is 10.4. The molecule has 0 radical (unpaired) electrons. The topological polar surface area (TPSA) is 69.4 Å². The van der Waals surface area contributed by atoms with Gasteiger partial charge in [-0.3, -0.25) is 14.9 Å². The van der Waals surface area contributed by atoms with Crippen LogP contribution in [0, 0.1) is 10.1 Å². The predicted molar refractivity (Wildman–Crippen MR) is 65.9 cm³/mol. The first-order valence-corrected chi connectivity index (χ1v) is 6.02. The maximum atomic E-state index is 11.1. The van der Waals surface area contributed by atoms with Gasteiger partial charge < -0.3 is 4.74 Å². The van der Waals surface area contributed by atoms with E-state index in [2.05, 4.69) is 4.74 Å². The first-order chi connectivity index (χ1) is 8.04. The number of esters is 1. The molecular formula is C11H13NO4S. The molecule has 92 valence electrons. The van der Waals surface area contributed by atoms with Gasteiger partial charge in [0, 0.05) is 17.9 Å². The van der Waals surface area contributed by atoms with Gasteiger partial charge in [-0.05, 0) is 12.5 Å². The Kier molecular flexibility index (Phi) is 4.96. The fourth-order valence-corrected chi connectivity index (χ4v) is 2.04. The van der Waals surface area contributed by atoms with Crippen molar-refractivity contribution in [2.45, 2.75) is 17.9 Å². The number of ether oxygens (including phenoxy) is 1. The van der Waals surface area contributed by atoms with E-state index in [4.69, 9.17) is 0 Å². The molecule has 1 aromatic rings. The van der Waals surface area contributed by atoms with E-state index in [9.17, 15) is 14.9 Å². The Morgan fingerprint density at radius 2 is 2.06 bits per heavy atom. The van der Waals surface area contributed by atoms with Crippen molar-refractivity contribution in [2.24, 2.45) is 0 Å². The average molecular weight is 255 g/mol. The molecule has 0 heterocycles. The van der Waals surface area contributed by atoms with E-state index in [0.717, 1.165) is 5.56 Å². The van der Waals surface area contributed by atoms with Gasteiger partial charge >= 0.3 is 5.97 Å². The van der Waals surface area contributed by atoms with Gasteiger partial charge in [0.1, 0.15) is 0 Å². The highest BCUT2D eigenvalue weighted by Gasteiger charge is 2.13. The standard InChI is InChI=1S/C11H13NO4S/c1-8(11(13)16-2)17-7-9-3-5-10(6-4-9)12(14)15/h3-6,8H,7H2,1-2H3. The normalized spacial score (nSPS) is 11.9. The van der Waals surface area contributed by atoms with Gasteiger partial charge in [0.25, 0.3) is 5.69 Å². The van der Waals surface area contributed by atoms with Crippen LogP contribution in [0.1, 0.15) is 12.5 Å². The summed E-state index contributed by atoms with van der Waals surface area (Å²) in [6.45, 7) is 1.77. The zero-order valence-electron chi connectivity index (χ0n) is 9.58. The minimum atomic E-state index is -0.437. The predicted octanol–water partition coefficient (Wildman–Crippen LogP) is 2.39. The molecule has 0 saturated heterocycles. The molecule has 1 rings (SSSR count). The maximum absolute atomic E-state index is 11.1. The number of non-ortho nitro benzene ring substituents is 1. The van der Waals surface area contributed by atoms with Crippen LogP contribution >= 0.6 is 11.8 Å². The highest BCUT2D eigenvalue weighted by molar-refractivity contribution is 7.99. The summed E-state index contributed by atoms with van der Waals surface area (Å²) in [5.74, 6) is 0.353. The number of nitro benzene ring substituents is 1. The first kappa shape index (κ1) is 13.5. The lowest BCUT2D eigenvalue weighted by Crippen LogP contribution is -2.14. The van der Waals surface area contributed by atoms with Crippen molar-refractivity contribution in [3.05, 3.63) is 39.9 Å². The molecule has 0 aliphatic rings. The molecule has 0 aliphatic carbocycles. The SMILES string of the molecule is COC(=O)C(C)SCc1ccc([N+](=O)[O-])cc1. The fourth-order valence-electron chi connectivity index (χ4n) is 1.17. The van der Waals surface area contributed by atoms with Crippen LogP contribution in [0.15, 0.2) is 24.3 Å². The van der Waals surface area contributed by atoms with Crippen LogP contribution in [0.4, 0.5) is 5.69 Å². The summed E-state index contributed by atoms with van der Waals surface area (Å²) in [6.07, 6.45) is 0. The number of nitro groups is 1. The van der Waals surface area contributed by atoms with Gasteiger partial charge in [-0.25, -0.2) is 0 Å². The zero-order chi connectivity index (χ0) is 12.8. The van der Waals surface area contributed by atoms with Gasteiger partial charge in [-0.2, -0.15) is 0 Å². The minimum absolute atomic E-state index is 0.0692. The Bertz CT molecular complexity index is 404. The van der Waals surface area contributed by atoms with Crippen molar-refractivity contribution < 1.29 is 14.5 Å². The van der Waals surface area contributed by atoms with Crippen molar-refractivity contribution in [3.8, 4) is 0 Å². The maximum Gasteiger partial charge on any atom is 0.318 e. The van der Waals surface area contributed by atoms with Gasteiger partial charge in [0.15, 0.2) is 0 Å². The third kappa shape index (κ3) is 4.07. The molecule has 0 aliphatic heterocycles. The van der Waals surface area contributed by atoms with Crippen LogP contribution < -0.4 is 0 Å². The quantitative estimate of drug-likeness (QED) is 0.459. The summed E-state index contributed by atoms with van der Waals surface area (Å²) < 4.78 is 4.60. The number of carbonyl (C=O) groups excluding carboxylic acids is 1. The second-order valence-electron chi connectivity index (χ2n) is 3.40. The number of methoxy groups -OCH3 is 1. The van der Waals surface area contributed by atoms with Crippen LogP contribution in [0.3, 0.4) is 0 Å². The largest absolute Gasteiger partial charge is 0.468 e. The summed E-state index contributed by atoms with van der Waals surface area (Å²) in [4.78, 5) is 21.2.